The molecule has 1 aliphatic carbocycles. The molecule has 192 valence electrons. The summed E-state index contributed by atoms with van der Waals surface area (Å²) in [6.07, 6.45) is 3.84. The van der Waals surface area contributed by atoms with Gasteiger partial charge in [-0.25, -0.2) is 0 Å². The van der Waals surface area contributed by atoms with Gasteiger partial charge in [-0.2, -0.15) is 5.10 Å². The van der Waals surface area contributed by atoms with Crippen molar-refractivity contribution in [3.63, 3.8) is 0 Å². The zero-order valence-corrected chi connectivity index (χ0v) is 21.8. The molecule has 2 heterocycles. The van der Waals surface area contributed by atoms with Gasteiger partial charge in [0.15, 0.2) is 5.82 Å². The van der Waals surface area contributed by atoms with Gasteiger partial charge in [0.05, 0.1) is 17.1 Å². The molecule has 0 bridgehead atoms. The molecule has 1 fully saturated rings. The smallest absolute Gasteiger partial charge is 0.253 e. The lowest BCUT2D eigenvalue weighted by Crippen LogP contribution is -2.26. The monoisotopic (exact) mass is 505 g/mol. The zero-order chi connectivity index (χ0) is 26.4. The molecule has 7 nitrogen and oxygen atoms in total. The quantitative estimate of drug-likeness (QED) is 0.241. The maximum Gasteiger partial charge on any atom is 0.253 e. The number of aromatic nitrogens is 3. The average molecular weight is 506 g/mol. The van der Waals surface area contributed by atoms with Crippen molar-refractivity contribution >= 4 is 39.4 Å². The number of hydrogen-bond acceptors (Lipinski definition) is 3. The summed E-state index contributed by atoms with van der Waals surface area (Å²) >= 11 is 0. The molecule has 6 rings (SSSR count). The Balaban J connectivity index is 1.31. The van der Waals surface area contributed by atoms with Crippen LogP contribution in [0.15, 0.2) is 66.9 Å². The fourth-order valence-electron chi connectivity index (χ4n) is 5.08. The van der Waals surface area contributed by atoms with E-state index in [-0.39, 0.29) is 23.8 Å². The number of fused-ring (bicyclic) bond motifs is 2. The Morgan fingerprint density at radius 2 is 1.84 bits per heavy atom. The average Bonchev–Trinajstić information content (AvgIpc) is 3.61. The minimum atomic E-state index is -0.108. The van der Waals surface area contributed by atoms with Crippen LogP contribution < -0.4 is 10.6 Å². The van der Waals surface area contributed by atoms with Gasteiger partial charge >= 0.3 is 0 Å². The summed E-state index contributed by atoms with van der Waals surface area (Å²) in [5, 5.41) is 15.3. The number of amides is 2. The van der Waals surface area contributed by atoms with Crippen molar-refractivity contribution in [2.24, 2.45) is 5.92 Å². The third-order valence-corrected chi connectivity index (χ3v) is 7.44. The molecule has 0 saturated heterocycles. The molecule has 38 heavy (non-hydrogen) atoms. The lowest BCUT2D eigenvalue weighted by atomic mass is 10.0. The highest BCUT2D eigenvalue weighted by Crippen LogP contribution is 2.33. The normalized spacial score (nSPS) is 14.1. The molecule has 0 aliphatic heterocycles. The predicted octanol–water partition coefficient (Wildman–Crippen LogP) is 6.35. The number of hydrogen-bond donors (Lipinski definition) is 3. The Labute approximate surface area is 221 Å². The third-order valence-electron chi connectivity index (χ3n) is 7.44. The lowest BCUT2D eigenvalue weighted by Gasteiger charge is -2.14. The van der Waals surface area contributed by atoms with Crippen molar-refractivity contribution in [1.29, 1.82) is 0 Å². The van der Waals surface area contributed by atoms with E-state index in [1.807, 2.05) is 43.5 Å². The maximum atomic E-state index is 13.5. The van der Waals surface area contributed by atoms with Crippen molar-refractivity contribution in [1.82, 2.24) is 20.1 Å². The predicted molar refractivity (Wildman–Crippen MR) is 151 cm³/mol. The molecular formula is C31H31N5O2. The van der Waals surface area contributed by atoms with E-state index < -0.39 is 0 Å². The van der Waals surface area contributed by atoms with Gasteiger partial charge in [0.25, 0.3) is 5.91 Å². The molecular weight excluding hydrogens is 474 g/mol. The van der Waals surface area contributed by atoms with Crippen LogP contribution in [0, 0.1) is 12.8 Å². The summed E-state index contributed by atoms with van der Waals surface area (Å²) in [7, 11) is 0. The van der Waals surface area contributed by atoms with Gasteiger partial charge < -0.3 is 15.2 Å². The van der Waals surface area contributed by atoms with Crippen molar-refractivity contribution in [2.75, 3.05) is 5.32 Å². The minimum Gasteiger partial charge on any atom is -0.347 e. The summed E-state index contributed by atoms with van der Waals surface area (Å²) in [6, 6.07) is 20.4. The van der Waals surface area contributed by atoms with Crippen molar-refractivity contribution in [3.05, 3.63) is 83.6 Å². The van der Waals surface area contributed by atoms with Crippen molar-refractivity contribution in [3.8, 4) is 11.1 Å². The van der Waals surface area contributed by atoms with Crippen LogP contribution in [0.5, 0.6) is 0 Å². The molecule has 1 saturated carbocycles. The fourth-order valence-corrected chi connectivity index (χ4v) is 5.08. The van der Waals surface area contributed by atoms with Gasteiger partial charge in [-0.3, -0.25) is 14.7 Å². The van der Waals surface area contributed by atoms with Crippen LogP contribution in [-0.4, -0.2) is 26.6 Å². The van der Waals surface area contributed by atoms with Crippen LogP contribution in [-0.2, 0) is 11.3 Å². The Morgan fingerprint density at radius 1 is 1.05 bits per heavy atom. The Bertz CT molecular complexity index is 1690. The number of benzene rings is 3. The summed E-state index contributed by atoms with van der Waals surface area (Å²) in [5.41, 5.74) is 6.80. The van der Waals surface area contributed by atoms with E-state index >= 15 is 0 Å². The first-order chi connectivity index (χ1) is 18.4. The van der Waals surface area contributed by atoms with E-state index in [1.165, 1.54) is 5.56 Å². The molecule has 0 spiro atoms. The van der Waals surface area contributed by atoms with Gasteiger partial charge in [0, 0.05) is 34.9 Å². The van der Waals surface area contributed by atoms with E-state index in [2.05, 4.69) is 69.6 Å². The van der Waals surface area contributed by atoms with Gasteiger partial charge in [-0.05, 0) is 74.6 Å². The summed E-state index contributed by atoms with van der Waals surface area (Å²) in [4.78, 5) is 25.7. The largest absolute Gasteiger partial charge is 0.347 e. The molecule has 0 unspecified atom stereocenters. The second kappa shape index (κ2) is 9.49. The molecule has 1 atom stereocenters. The topological polar surface area (TPSA) is 91.8 Å². The highest BCUT2D eigenvalue weighted by molar-refractivity contribution is 6.08. The third kappa shape index (κ3) is 4.45. The van der Waals surface area contributed by atoms with Gasteiger partial charge in [0.1, 0.15) is 0 Å². The number of nitrogens with one attached hydrogen (secondary N) is 3. The molecule has 3 N–H and O–H groups in total. The number of nitrogens with zero attached hydrogens (tertiary/aromatic N) is 2. The van der Waals surface area contributed by atoms with Crippen molar-refractivity contribution < 1.29 is 9.59 Å². The second-order valence-electron chi connectivity index (χ2n) is 10.3. The summed E-state index contributed by atoms with van der Waals surface area (Å²) < 4.78 is 2.11. The highest BCUT2D eigenvalue weighted by Gasteiger charge is 2.30. The van der Waals surface area contributed by atoms with E-state index in [0.717, 1.165) is 57.9 Å². The molecule has 2 amide bonds. The molecule has 3 aromatic carbocycles. The number of aryl methyl sites for hydroxylation is 2. The Morgan fingerprint density at radius 3 is 2.61 bits per heavy atom. The van der Waals surface area contributed by atoms with Crippen molar-refractivity contribution in [2.45, 2.75) is 46.2 Å². The van der Waals surface area contributed by atoms with Crippen LogP contribution in [0.25, 0.3) is 32.9 Å². The summed E-state index contributed by atoms with van der Waals surface area (Å²) in [6.45, 7) is 6.92. The number of carbonyl (C=O) groups is 2. The number of H-pyrrole nitrogens is 1. The minimum absolute atomic E-state index is 0.0379. The number of aromatic amines is 1. The highest BCUT2D eigenvalue weighted by atomic mass is 16.2. The first-order valence-electron chi connectivity index (χ1n) is 13.2. The first-order valence-corrected chi connectivity index (χ1v) is 13.2. The van der Waals surface area contributed by atoms with E-state index in [4.69, 9.17) is 0 Å². The van der Waals surface area contributed by atoms with Crippen LogP contribution in [0.2, 0.25) is 0 Å². The molecule has 5 aromatic rings. The van der Waals surface area contributed by atoms with Gasteiger partial charge in [0.2, 0.25) is 5.91 Å². The first kappa shape index (κ1) is 24.0. The van der Waals surface area contributed by atoms with Crippen LogP contribution >= 0.6 is 0 Å². The van der Waals surface area contributed by atoms with E-state index in [9.17, 15) is 9.59 Å². The van der Waals surface area contributed by atoms with Gasteiger partial charge in [-0.1, -0.05) is 42.0 Å². The second-order valence-corrected chi connectivity index (χ2v) is 10.3. The zero-order valence-electron chi connectivity index (χ0n) is 21.8. The van der Waals surface area contributed by atoms with Crippen LogP contribution in [0.1, 0.15) is 54.2 Å². The molecule has 1 aliphatic rings. The van der Waals surface area contributed by atoms with Crippen LogP contribution in [0.4, 0.5) is 5.82 Å². The van der Waals surface area contributed by atoms with Crippen LogP contribution in [0.3, 0.4) is 0 Å². The molecule has 7 heteroatoms. The number of rotatable bonds is 7. The summed E-state index contributed by atoms with van der Waals surface area (Å²) in [5.74, 6) is 0.638. The molecule has 2 aromatic heterocycles. The SMILES string of the molecule is CCn1cc(C(=O)N[C@@H](C)c2cccc(C)c2)c2cc(-c3ccc4c(NC(=O)C5CC5)n[nH]c4c3)ccc21. The number of carbonyl (C=O) groups excluding carboxylic acids is 2. The number of anilines is 1. The molecule has 0 radical (unpaired) electrons. The maximum absolute atomic E-state index is 13.5. The van der Waals surface area contributed by atoms with E-state index in [0.29, 0.717) is 11.4 Å². The van der Waals surface area contributed by atoms with E-state index in [1.54, 1.807) is 0 Å². The fraction of sp³-hybridized carbons (Fsp3) is 0.258. The lowest BCUT2D eigenvalue weighted by molar-refractivity contribution is -0.117. The van der Waals surface area contributed by atoms with Gasteiger partial charge in [-0.15, -0.1) is 0 Å². The standard InChI is InChI=1S/C31H31N5O2/c1-4-36-17-26(31(38)32-19(3)21-7-5-6-18(2)14-21)25-15-22(11-13-28(25)36)23-10-12-24-27(16-23)34-35-29(24)33-30(37)20-8-9-20/h5-7,10-17,19-20H,4,8-9H2,1-3H3,(H,32,38)(H2,33,34,35,37)/t19-/m0/s1. The Hall–Kier alpha value is -4.39. The Kier molecular flexibility index (Phi) is 5.98.